The number of hydrogen-bond donors (Lipinski definition) is 2. The van der Waals surface area contributed by atoms with Crippen molar-refractivity contribution in [1.82, 2.24) is 15.1 Å². The van der Waals surface area contributed by atoms with Gasteiger partial charge >= 0.3 is 23.9 Å². The average molecular weight is 1380 g/mol. The standard InChI is InChI=1S/C24H35ClN2O4.C20H27ClN2O4.C13H19ClN2.C7H8O4.CH3I/c1-6-18-15-19(7-10-21(18)25)27-14-13-26(16-17(27)2)22(29)11-8-20(28)9-12-23(30)31-24(3,4)5;1-3-15-12-16(4-7-18(15)21)23-11-10-22(13-14(23)2)19(25)8-5-17(24)6-9-20(26)27;1-3-11-8-12(4-5-13(11)14)16-7-6-15-9-10(16)2;8-5-1-3-7(10-5)4-2-6(9)11-7;1-2/h7,10,15,17H,6,8-9,11-14,16H2,1-5H3;4,7,12,14H,3,5-6,8-11,13H2,1-2H3,(H,26,27);4-5,8,10,15H,3,6-7,9H2,1-2H3;1-4H2;1H3/t17-;14-;10-;;/m000../s1. The fraction of sp³-hybridized carbons (Fsp3) is 0.600. The zero-order valence-electron chi connectivity index (χ0n) is 52.6. The maximum Gasteiger partial charge on any atom is 0.309 e. The summed E-state index contributed by atoms with van der Waals surface area (Å²) in [7, 11) is 0. The molecular formula is C65H92Cl3IN6O12. The van der Waals surface area contributed by atoms with Crippen molar-refractivity contribution in [2.24, 2.45) is 0 Å². The van der Waals surface area contributed by atoms with Gasteiger partial charge in [-0.2, -0.15) is 0 Å². The van der Waals surface area contributed by atoms with Crippen molar-refractivity contribution < 1.29 is 57.7 Å². The Labute approximate surface area is 544 Å². The highest BCUT2D eigenvalue weighted by atomic mass is 127. The molecule has 0 aliphatic carbocycles. The first kappa shape index (κ1) is 74.2. The summed E-state index contributed by atoms with van der Waals surface area (Å²) in [5.74, 6) is -3.09. The van der Waals surface area contributed by atoms with Gasteiger partial charge in [-0.3, -0.25) is 38.4 Å². The van der Waals surface area contributed by atoms with Crippen molar-refractivity contribution in [2.45, 2.75) is 188 Å². The number of piperazine rings is 3. The highest BCUT2D eigenvalue weighted by molar-refractivity contribution is 14.1. The van der Waals surface area contributed by atoms with Gasteiger partial charge in [0.15, 0.2) is 0 Å². The van der Waals surface area contributed by atoms with Crippen LogP contribution in [0, 0.1) is 0 Å². The fourth-order valence-corrected chi connectivity index (χ4v) is 11.5. The molecular weight excluding hydrogens is 1290 g/mol. The van der Waals surface area contributed by atoms with Crippen molar-refractivity contribution in [1.29, 1.82) is 0 Å². The molecule has 3 aromatic carbocycles. The third-order valence-electron chi connectivity index (χ3n) is 15.6. The number of carbonyl (C=O) groups excluding carboxylic acids is 7. The maximum atomic E-state index is 12.6. The summed E-state index contributed by atoms with van der Waals surface area (Å²) in [5, 5.41) is 14.4. The lowest BCUT2D eigenvalue weighted by Gasteiger charge is -2.41. The van der Waals surface area contributed by atoms with Crippen LogP contribution in [0.3, 0.4) is 0 Å². The van der Waals surface area contributed by atoms with Crippen LogP contribution in [-0.4, -0.2) is 156 Å². The van der Waals surface area contributed by atoms with Crippen molar-refractivity contribution in [3.8, 4) is 0 Å². The number of benzene rings is 3. The van der Waals surface area contributed by atoms with Gasteiger partial charge in [-0.1, -0.05) is 78.2 Å². The SMILES string of the molecule is CCc1cc(N2CCN(C(=O)CCC(=O)CCC(=O)O)C[C@@H]2C)ccc1Cl.CCc1cc(N2CCN(C(=O)CCC(=O)CCC(=O)OC(C)(C)C)C[C@@H]2C)ccc1Cl.CCc1cc(N2CCNC[C@@H]2C)ccc1Cl.CI.O=C1CCC2(CCC(=O)O2)O1. The van der Waals surface area contributed by atoms with E-state index in [9.17, 15) is 38.4 Å². The number of ether oxygens (including phenoxy) is 3. The summed E-state index contributed by atoms with van der Waals surface area (Å²) >= 11 is 20.7. The van der Waals surface area contributed by atoms with E-state index in [1.54, 1.807) is 25.7 Å². The average Bonchev–Trinajstić information content (AvgIpc) is 2.81. The number of ketones is 2. The van der Waals surface area contributed by atoms with Crippen molar-refractivity contribution in [3.63, 3.8) is 0 Å². The number of alkyl halides is 1. The minimum Gasteiger partial charge on any atom is -0.481 e. The first-order chi connectivity index (χ1) is 41.2. The predicted octanol–water partition coefficient (Wildman–Crippen LogP) is 11.7. The molecule has 2 amide bonds. The number of carboxylic acid groups (broad SMARTS) is 1. The van der Waals surface area contributed by atoms with E-state index in [0.717, 1.165) is 89.6 Å². The number of carbonyl (C=O) groups is 8. The highest BCUT2D eigenvalue weighted by Gasteiger charge is 2.48. The smallest absolute Gasteiger partial charge is 0.309 e. The van der Waals surface area contributed by atoms with Gasteiger partial charge in [0.05, 0.1) is 25.7 Å². The molecule has 8 rings (SSSR count). The van der Waals surface area contributed by atoms with Crippen LogP contribution in [0.2, 0.25) is 15.1 Å². The molecule has 22 heteroatoms. The molecule has 5 heterocycles. The normalized spacial score (nSPS) is 18.7. The second-order valence-electron chi connectivity index (χ2n) is 23.3. The molecule has 5 saturated heterocycles. The number of amides is 2. The lowest BCUT2D eigenvalue weighted by atomic mass is 10.1. The number of nitrogens with zero attached hydrogens (tertiary/aromatic N) is 5. The Morgan fingerprint density at radius 2 is 0.966 bits per heavy atom. The topological polar surface area (TPSA) is 213 Å². The van der Waals surface area contributed by atoms with E-state index in [4.69, 9.17) is 54.1 Å². The molecule has 0 bridgehead atoms. The van der Waals surface area contributed by atoms with Gasteiger partial charge in [-0.25, -0.2) is 0 Å². The molecule has 5 fully saturated rings. The molecule has 5 aliphatic heterocycles. The molecule has 0 saturated carbocycles. The van der Waals surface area contributed by atoms with Crippen molar-refractivity contribution in [3.05, 3.63) is 86.4 Å². The maximum absolute atomic E-state index is 12.6. The first-order valence-electron chi connectivity index (χ1n) is 30.4. The number of carboxylic acids is 1. The summed E-state index contributed by atoms with van der Waals surface area (Å²) in [6.45, 7) is 25.2. The minimum atomic E-state index is -0.993. The number of esters is 3. The fourth-order valence-electron chi connectivity index (χ4n) is 10.8. The largest absolute Gasteiger partial charge is 0.481 e. The van der Waals surface area contributed by atoms with Crippen molar-refractivity contribution >= 4 is 122 Å². The number of aryl methyl sites for hydroxylation is 3. The van der Waals surface area contributed by atoms with E-state index >= 15 is 0 Å². The zero-order chi connectivity index (χ0) is 64.6. The molecule has 482 valence electrons. The van der Waals surface area contributed by atoms with Crippen LogP contribution >= 0.6 is 57.4 Å². The lowest BCUT2D eigenvalue weighted by molar-refractivity contribution is -0.197. The lowest BCUT2D eigenvalue weighted by Crippen LogP contribution is -2.53. The van der Waals surface area contributed by atoms with Gasteiger partial charge in [0.2, 0.25) is 11.8 Å². The third-order valence-corrected chi connectivity index (χ3v) is 16.7. The first-order valence-corrected chi connectivity index (χ1v) is 33.7. The Bertz CT molecular complexity index is 2790. The van der Waals surface area contributed by atoms with Gasteiger partial charge < -0.3 is 49.1 Å². The van der Waals surface area contributed by atoms with E-state index in [1.165, 1.54) is 11.3 Å². The van der Waals surface area contributed by atoms with Gasteiger partial charge in [0, 0.05) is 161 Å². The second-order valence-corrected chi connectivity index (χ2v) is 24.5. The molecule has 87 heavy (non-hydrogen) atoms. The molecule has 1 spiro atoms. The summed E-state index contributed by atoms with van der Waals surface area (Å²) < 4.78 is 15.0. The van der Waals surface area contributed by atoms with Crippen LogP contribution in [0.15, 0.2) is 54.6 Å². The number of nitrogens with one attached hydrogen (secondary N) is 1. The van der Waals surface area contributed by atoms with Crippen LogP contribution in [0.4, 0.5) is 17.1 Å². The number of halogens is 4. The molecule has 3 aromatic rings. The van der Waals surface area contributed by atoms with Gasteiger partial charge in [0.1, 0.15) is 17.2 Å². The molecule has 18 nitrogen and oxygen atoms in total. The van der Waals surface area contributed by atoms with Crippen molar-refractivity contribution in [2.75, 3.05) is 78.5 Å². The quantitative estimate of drug-likeness (QED) is 0.0688. The van der Waals surface area contributed by atoms with Gasteiger partial charge in [-0.05, 0) is 137 Å². The van der Waals surface area contributed by atoms with Crippen LogP contribution in [0.1, 0.15) is 156 Å². The Kier molecular flexibility index (Phi) is 31.1. The molecule has 2 N–H and O–H groups in total. The number of Topliss-reactive ketones (excluding diaryl/α,β-unsaturated/α-hetero) is 2. The van der Waals surface area contributed by atoms with Crippen LogP contribution < -0.4 is 20.0 Å². The third kappa shape index (κ3) is 24.3. The van der Waals surface area contributed by atoms with Crippen LogP contribution in [0.25, 0.3) is 0 Å². The molecule has 0 radical (unpaired) electrons. The van der Waals surface area contributed by atoms with E-state index in [2.05, 4.69) is 108 Å². The minimum absolute atomic E-state index is 0.0108. The molecule has 0 aromatic heterocycles. The van der Waals surface area contributed by atoms with Gasteiger partial charge in [0.25, 0.3) is 5.79 Å². The van der Waals surface area contributed by atoms with E-state index in [0.29, 0.717) is 57.9 Å². The van der Waals surface area contributed by atoms with E-state index < -0.39 is 17.4 Å². The number of hydrogen-bond acceptors (Lipinski definition) is 15. The Morgan fingerprint density at radius 1 is 0.586 bits per heavy atom. The Morgan fingerprint density at radius 3 is 1.30 bits per heavy atom. The van der Waals surface area contributed by atoms with Crippen LogP contribution in [-0.2, 0) is 71.8 Å². The second kappa shape index (κ2) is 36.4. The Balaban J connectivity index is 0.000000260. The number of rotatable bonds is 18. The van der Waals surface area contributed by atoms with Gasteiger partial charge in [-0.15, -0.1) is 0 Å². The predicted molar refractivity (Wildman–Crippen MR) is 353 cm³/mol. The molecule has 0 unspecified atom stereocenters. The van der Waals surface area contributed by atoms with Crippen LogP contribution in [0.5, 0.6) is 0 Å². The summed E-state index contributed by atoms with van der Waals surface area (Å²) in [5.41, 5.74) is 6.45. The number of anilines is 3. The zero-order valence-corrected chi connectivity index (χ0v) is 57.0. The monoisotopic (exact) mass is 1380 g/mol. The van der Waals surface area contributed by atoms with E-state index in [-0.39, 0.29) is 105 Å². The Hall–Kier alpha value is -5.22. The molecule has 5 aliphatic rings. The summed E-state index contributed by atoms with van der Waals surface area (Å²) in [4.78, 5) is 105. The summed E-state index contributed by atoms with van der Waals surface area (Å²) in [6, 6.07) is 19.4. The summed E-state index contributed by atoms with van der Waals surface area (Å²) in [6.07, 6.45) is 5.11. The molecule has 3 atom stereocenters. The number of aliphatic carboxylic acids is 1. The highest BCUT2D eigenvalue weighted by Crippen LogP contribution is 2.37. The van der Waals surface area contributed by atoms with E-state index in [1.807, 2.05) is 40.2 Å².